The Balaban J connectivity index is 1.55. The lowest BCUT2D eigenvalue weighted by atomic mass is 9.76. The molecule has 3 fully saturated rings. The van der Waals surface area contributed by atoms with Crippen LogP contribution in [0.25, 0.3) is 0 Å². The first-order valence-electron chi connectivity index (χ1n) is 11.3. The van der Waals surface area contributed by atoms with Crippen molar-refractivity contribution in [1.29, 1.82) is 0 Å². The Bertz CT molecular complexity index is 809. The number of hydrogen-bond donors (Lipinski definition) is 0. The minimum absolute atomic E-state index is 0.213. The van der Waals surface area contributed by atoms with Crippen LogP contribution in [0.3, 0.4) is 0 Å². The SMILES string of the molecule is CC(C)(C)OC(=O)N1CCC(c2cc(B3OC(C)(C)C(C)(C)O3)cc(C3CC3)c2)C1. The van der Waals surface area contributed by atoms with Gasteiger partial charge in [0.25, 0.3) is 0 Å². The Morgan fingerprint density at radius 3 is 2.10 bits per heavy atom. The van der Waals surface area contributed by atoms with Crippen LogP contribution in [0.2, 0.25) is 0 Å². The van der Waals surface area contributed by atoms with Gasteiger partial charge < -0.3 is 18.9 Å². The second-order valence-electron chi connectivity index (χ2n) is 11.2. The average Bonchev–Trinajstić information content (AvgIpc) is 3.29. The Kier molecular flexibility index (Phi) is 5.26. The molecule has 0 spiro atoms. The molecule has 1 aromatic carbocycles. The number of amides is 1. The third-order valence-corrected chi connectivity index (χ3v) is 6.89. The van der Waals surface area contributed by atoms with Gasteiger partial charge in [-0.15, -0.1) is 0 Å². The topological polar surface area (TPSA) is 48.0 Å². The van der Waals surface area contributed by atoms with E-state index in [0.717, 1.165) is 18.4 Å². The zero-order chi connectivity index (χ0) is 21.9. The Labute approximate surface area is 181 Å². The van der Waals surface area contributed by atoms with Crippen LogP contribution in [0.4, 0.5) is 4.79 Å². The van der Waals surface area contributed by atoms with Crippen LogP contribution >= 0.6 is 0 Å². The number of likely N-dealkylation sites (tertiary alicyclic amines) is 1. The molecule has 3 aliphatic rings. The van der Waals surface area contributed by atoms with Gasteiger partial charge in [0.05, 0.1) is 11.2 Å². The van der Waals surface area contributed by atoms with E-state index in [0.29, 0.717) is 18.4 Å². The minimum atomic E-state index is -0.467. The average molecular weight is 413 g/mol. The van der Waals surface area contributed by atoms with Gasteiger partial charge in [-0.1, -0.05) is 18.2 Å². The van der Waals surface area contributed by atoms with E-state index in [4.69, 9.17) is 14.0 Å². The number of ether oxygens (including phenoxy) is 1. The summed E-state index contributed by atoms with van der Waals surface area (Å²) in [6, 6.07) is 6.84. The monoisotopic (exact) mass is 413 g/mol. The maximum absolute atomic E-state index is 12.5. The minimum Gasteiger partial charge on any atom is -0.444 e. The summed E-state index contributed by atoms with van der Waals surface area (Å²) in [5.41, 5.74) is 2.60. The van der Waals surface area contributed by atoms with Crippen molar-refractivity contribution in [1.82, 2.24) is 4.90 Å². The van der Waals surface area contributed by atoms with Crippen molar-refractivity contribution in [2.24, 2.45) is 0 Å². The molecule has 1 atom stereocenters. The number of rotatable bonds is 3. The predicted octanol–water partition coefficient (Wildman–Crippen LogP) is 4.59. The van der Waals surface area contributed by atoms with E-state index in [2.05, 4.69) is 45.9 Å². The van der Waals surface area contributed by atoms with Crippen molar-refractivity contribution in [3.05, 3.63) is 29.3 Å². The number of carbonyl (C=O) groups is 1. The molecule has 30 heavy (non-hydrogen) atoms. The number of hydrogen-bond acceptors (Lipinski definition) is 4. The highest BCUT2D eigenvalue weighted by molar-refractivity contribution is 6.62. The summed E-state index contributed by atoms with van der Waals surface area (Å²) in [7, 11) is -0.351. The first-order chi connectivity index (χ1) is 13.8. The summed E-state index contributed by atoms with van der Waals surface area (Å²) < 4.78 is 18.2. The van der Waals surface area contributed by atoms with Crippen molar-refractivity contribution >= 4 is 18.7 Å². The fraction of sp³-hybridized carbons (Fsp3) is 0.708. The molecule has 1 unspecified atom stereocenters. The summed E-state index contributed by atoms with van der Waals surface area (Å²) in [4.78, 5) is 14.3. The van der Waals surface area contributed by atoms with Gasteiger partial charge >= 0.3 is 13.2 Å². The quantitative estimate of drug-likeness (QED) is 0.681. The molecule has 1 aliphatic carbocycles. The van der Waals surface area contributed by atoms with Crippen molar-refractivity contribution in [3.8, 4) is 0 Å². The largest absolute Gasteiger partial charge is 0.494 e. The molecule has 2 heterocycles. The molecular weight excluding hydrogens is 377 g/mol. The van der Waals surface area contributed by atoms with Crippen LogP contribution in [-0.2, 0) is 14.0 Å². The third-order valence-electron chi connectivity index (χ3n) is 6.89. The van der Waals surface area contributed by atoms with Crippen LogP contribution in [0.1, 0.15) is 90.7 Å². The maximum Gasteiger partial charge on any atom is 0.494 e. The first-order valence-corrected chi connectivity index (χ1v) is 11.3. The lowest BCUT2D eigenvalue weighted by molar-refractivity contribution is 0.00578. The van der Waals surface area contributed by atoms with Crippen LogP contribution in [0.15, 0.2) is 18.2 Å². The van der Waals surface area contributed by atoms with Gasteiger partial charge in [-0.25, -0.2) is 4.79 Å². The third kappa shape index (κ3) is 4.40. The van der Waals surface area contributed by atoms with E-state index in [1.54, 1.807) is 0 Å². The maximum atomic E-state index is 12.5. The molecular formula is C24H36BNO4. The van der Waals surface area contributed by atoms with Gasteiger partial charge in [-0.2, -0.15) is 0 Å². The fourth-order valence-electron chi connectivity index (χ4n) is 4.23. The van der Waals surface area contributed by atoms with Crippen molar-refractivity contribution in [2.45, 2.75) is 96.4 Å². The van der Waals surface area contributed by atoms with Gasteiger partial charge in [0.15, 0.2) is 0 Å². The molecule has 2 saturated heterocycles. The van der Waals surface area contributed by atoms with Crippen LogP contribution in [-0.4, -0.2) is 48.0 Å². The lowest BCUT2D eigenvalue weighted by Crippen LogP contribution is -2.41. The first kappa shape index (κ1) is 21.7. The fourth-order valence-corrected chi connectivity index (χ4v) is 4.23. The molecule has 0 aromatic heterocycles. The van der Waals surface area contributed by atoms with Crippen molar-refractivity contribution < 1.29 is 18.8 Å². The predicted molar refractivity (Wildman–Crippen MR) is 119 cm³/mol. The highest BCUT2D eigenvalue weighted by Gasteiger charge is 2.52. The second kappa shape index (κ2) is 7.27. The number of carbonyl (C=O) groups excluding carboxylic acids is 1. The number of benzene rings is 1. The zero-order valence-electron chi connectivity index (χ0n) is 19.6. The van der Waals surface area contributed by atoms with Gasteiger partial charge in [-0.3, -0.25) is 0 Å². The summed E-state index contributed by atoms with van der Waals surface area (Å²) >= 11 is 0. The molecule has 1 aromatic rings. The van der Waals surface area contributed by atoms with E-state index >= 15 is 0 Å². The molecule has 0 N–H and O–H groups in total. The van der Waals surface area contributed by atoms with Crippen molar-refractivity contribution in [2.75, 3.05) is 13.1 Å². The summed E-state index contributed by atoms with van der Waals surface area (Å²) in [6.45, 7) is 15.5. The van der Waals surface area contributed by atoms with Gasteiger partial charge in [0.2, 0.25) is 0 Å². The van der Waals surface area contributed by atoms with Crippen LogP contribution < -0.4 is 5.46 Å². The van der Waals surface area contributed by atoms with Crippen molar-refractivity contribution in [3.63, 3.8) is 0 Å². The summed E-state index contributed by atoms with van der Waals surface area (Å²) in [5.74, 6) is 0.965. The summed E-state index contributed by atoms with van der Waals surface area (Å²) in [5, 5.41) is 0. The van der Waals surface area contributed by atoms with Crippen LogP contribution in [0, 0.1) is 0 Å². The Hall–Kier alpha value is -1.53. The second-order valence-corrected chi connectivity index (χ2v) is 11.2. The molecule has 4 rings (SSSR count). The van der Waals surface area contributed by atoms with E-state index in [9.17, 15) is 4.79 Å². The molecule has 5 nitrogen and oxygen atoms in total. The number of nitrogens with zero attached hydrogens (tertiary/aromatic N) is 1. The van der Waals surface area contributed by atoms with Gasteiger partial charge in [0.1, 0.15) is 5.60 Å². The Morgan fingerprint density at radius 1 is 1.00 bits per heavy atom. The van der Waals surface area contributed by atoms with E-state index < -0.39 is 5.60 Å². The molecule has 1 amide bonds. The zero-order valence-corrected chi connectivity index (χ0v) is 19.6. The molecule has 6 heteroatoms. The van der Waals surface area contributed by atoms with E-state index in [1.165, 1.54) is 24.0 Å². The molecule has 1 saturated carbocycles. The van der Waals surface area contributed by atoms with Crippen LogP contribution in [0.5, 0.6) is 0 Å². The summed E-state index contributed by atoms with van der Waals surface area (Å²) in [6.07, 6.45) is 3.24. The standard InChI is InChI=1S/C24H36BNO4/c1-22(2,3)28-21(27)26-11-10-17(15-26)19-12-18(16-8-9-16)13-20(14-19)25-29-23(4,5)24(6,7)30-25/h12-14,16-17H,8-11,15H2,1-7H3. The van der Waals surface area contributed by atoms with Gasteiger partial charge in [0, 0.05) is 19.0 Å². The molecule has 0 radical (unpaired) electrons. The lowest BCUT2D eigenvalue weighted by Gasteiger charge is -2.32. The normalized spacial score (nSPS) is 25.6. The molecule has 0 bridgehead atoms. The van der Waals surface area contributed by atoms with Gasteiger partial charge in [-0.05, 0) is 90.2 Å². The highest BCUT2D eigenvalue weighted by Crippen LogP contribution is 2.42. The van der Waals surface area contributed by atoms with E-state index in [1.807, 2.05) is 25.7 Å². The molecule has 2 aliphatic heterocycles. The highest BCUT2D eigenvalue weighted by atomic mass is 16.7. The smallest absolute Gasteiger partial charge is 0.444 e. The van der Waals surface area contributed by atoms with E-state index in [-0.39, 0.29) is 24.4 Å². The Morgan fingerprint density at radius 2 is 1.57 bits per heavy atom. The molecule has 164 valence electrons.